The van der Waals surface area contributed by atoms with Gasteiger partial charge < -0.3 is 10.1 Å². The van der Waals surface area contributed by atoms with E-state index in [0.717, 1.165) is 28.3 Å². The number of benzene rings is 2. The maximum atomic E-state index is 11.9. The van der Waals surface area contributed by atoms with Gasteiger partial charge in [0.15, 0.2) is 0 Å². The molecular formula is C20H22N2O2S. The summed E-state index contributed by atoms with van der Waals surface area (Å²) in [7, 11) is 0. The molecule has 0 radical (unpaired) electrons. The van der Waals surface area contributed by atoms with Gasteiger partial charge in [0.1, 0.15) is 5.75 Å². The number of carbonyl (C=O) groups is 1. The molecule has 3 rings (SSSR count). The highest BCUT2D eigenvalue weighted by Crippen LogP contribution is 2.21. The molecule has 25 heavy (non-hydrogen) atoms. The fraction of sp³-hybridized carbons (Fsp3) is 0.300. The largest absolute Gasteiger partial charge is 0.493 e. The van der Waals surface area contributed by atoms with Crippen LogP contribution in [0.15, 0.2) is 42.5 Å². The summed E-state index contributed by atoms with van der Waals surface area (Å²) in [6.45, 7) is 5.05. The summed E-state index contributed by atoms with van der Waals surface area (Å²) in [4.78, 5) is 16.5. The summed E-state index contributed by atoms with van der Waals surface area (Å²) in [5.41, 5.74) is 3.32. The smallest absolute Gasteiger partial charge is 0.223 e. The van der Waals surface area contributed by atoms with Crippen LogP contribution in [0.2, 0.25) is 0 Å². The van der Waals surface area contributed by atoms with E-state index < -0.39 is 0 Å². The zero-order chi connectivity index (χ0) is 17.6. The van der Waals surface area contributed by atoms with E-state index in [1.165, 1.54) is 10.3 Å². The molecule has 0 bridgehead atoms. The van der Waals surface area contributed by atoms with Crippen molar-refractivity contribution >= 4 is 27.5 Å². The van der Waals surface area contributed by atoms with E-state index in [-0.39, 0.29) is 5.91 Å². The number of nitrogens with one attached hydrogen (secondary N) is 1. The molecule has 0 aliphatic carbocycles. The summed E-state index contributed by atoms with van der Waals surface area (Å²) in [6.07, 6.45) is 1.11. The molecule has 0 atom stereocenters. The number of hydrogen-bond acceptors (Lipinski definition) is 4. The van der Waals surface area contributed by atoms with E-state index in [1.54, 1.807) is 11.3 Å². The lowest BCUT2D eigenvalue weighted by molar-refractivity contribution is -0.121. The lowest BCUT2D eigenvalue weighted by Gasteiger charge is -2.09. The maximum Gasteiger partial charge on any atom is 0.223 e. The van der Waals surface area contributed by atoms with E-state index in [1.807, 2.05) is 37.3 Å². The van der Waals surface area contributed by atoms with Gasteiger partial charge >= 0.3 is 0 Å². The Labute approximate surface area is 151 Å². The van der Waals surface area contributed by atoms with Gasteiger partial charge in [0, 0.05) is 13.0 Å². The number of hydrogen-bond donors (Lipinski definition) is 1. The van der Waals surface area contributed by atoms with Crippen molar-refractivity contribution in [2.45, 2.75) is 26.7 Å². The van der Waals surface area contributed by atoms with Crippen LogP contribution in [0.25, 0.3) is 10.2 Å². The van der Waals surface area contributed by atoms with Gasteiger partial charge in [0.25, 0.3) is 0 Å². The van der Waals surface area contributed by atoms with E-state index in [0.29, 0.717) is 19.6 Å². The topological polar surface area (TPSA) is 51.2 Å². The number of aryl methyl sites for hydroxylation is 2. The molecule has 0 aliphatic heterocycles. The molecule has 4 nitrogen and oxygen atoms in total. The standard InChI is InChI=1S/C20H22N2O2S/c1-14-7-8-17(15(2)13-14)24-12-10-19(23)21-11-9-20-22-16-5-3-4-6-18(16)25-20/h3-8,13H,9-12H2,1-2H3,(H,21,23). The van der Waals surface area contributed by atoms with Crippen LogP contribution in [-0.2, 0) is 11.2 Å². The fourth-order valence-corrected chi connectivity index (χ4v) is 3.61. The van der Waals surface area contributed by atoms with Crippen LogP contribution in [0.4, 0.5) is 0 Å². The van der Waals surface area contributed by atoms with Crippen molar-refractivity contribution in [3.63, 3.8) is 0 Å². The lowest BCUT2D eigenvalue weighted by atomic mass is 10.1. The molecule has 3 aromatic rings. The quantitative estimate of drug-likeness (QED) is 0.697. The van der Waals surface area contributed by atoms with E-state index in [2.05, 4.69) is 29.4 Å². The molecule has 0 aliphatic rings. The Morgan fingerprint density at radius 1 is 1.20 bits per heavy atom. The van der Waals surface area contributed by atoms with Crippen LogP contribution >= 0.6 is 11.3 Å². The Morgan fingerprint density at radius 2 is 2.04 bits per heavy atom. The highest BCUT2D eigenvalue weighted by Gasteiger charge is 2.06. The number of rotatable bonds is 7. The van der Waals surface area contributed by atoms with Crippen LogP contribution in [0, 0.1) is 13.8 Å². The first-order valence-corrected chi connectivity index (χ1v) is 9.24. The van der Waals surface area contributed by atoms with Crippen molar-refractivity contribution in [2.75, 3.05) is 13.2 Å². The van der Waals surface area contributed by atoms with Crippen LogP contribution in [0.1, 0.15) is 22.6 Å². The van der Waals surface area contributed by atoms with Gasteiger partial charge in [-0.2, -0.15) is 0 Å². The zero-order valence-electron chi connectivity index (χ0n) is 14.5. The molecule has 0 saturated heterocycles. The van der Waals surface area contributed by atoms with Gasteiger partial charge in [-0.1, -0.05) is 29.8 Å². The van der Waals surface area contributed by atoms with Gasteiger partial charge in [0.05, 0.1) is 28.3 Å². The predicted molar refractivity (Wildman–Crippen MR) is 102 cm³/mol. The number of nitrogens with zero attached hydrogens (tertiary/aromatic N) is 1. The van der Waals surface area contributed by atoms with E-state index in [9.17, 15) is 4.79 Å². The van der Waals surface area contributed by atoms with Gasteiger partial charge in [-0.25, -0.2) is 4.98 Å². The number of fused-ring (bicyclic) bond motifs is 1. The molecular weight excluding hydrogens is 332 g/mol. The Hall–Kier alpha value is -2.40. The number of para-hydroxylation sites is 1. The van der Waals surface area contributed by atoms with Crippen LogP contribution in [-0.4, -0.2) is 24.0 Å². The summed E-state index contributed by atoms with van der Waals surface area (Å²) in [5, 5.41) is 3.98. The van der Waals surface area contributed by atoms with Gasteiger partial charge in [-0.3, -0.25) is 4.79 Å². The minimum atomic E-state index is 0.00544. The molecule has 1 N–H and O–H groups in total. The van der Waals surface area contributed by atoms with Crippen LogP contribution < -0.4 is 10.1 Å². The Bertz CT molecular complexity index is 840. The van der Waals surface area contributed by atoms with Crippen molar-refractivity contribution in [2.24, 2.45) is 0 Å². The number of thiazole rings is 1. The van der Waals surface area contributed by atoms with Crippen molar-refractivity contribution in [1.82, 2.24) is 10.3 Å². The van der Waals surface area contributed by atoms with Crippen LogP contribution in [0.5, 0.6) is 5.75 Å². The van der Waals surface area contributed by atoms with Gasteiger partial charge in [-0.15, -0.1) is 11.3 Å². The first-order chi connectivity index (χ1) is 12.1. The average Bonchev–Trinajstić information content (AvgIpc) is 2.99. The normalized spacial score (nSPS) is 10.8. The molecule has 1 heterocycles. The summed E-state index contributed by atoms with van der Waals surface area (Å²) >= 11 is 1.68. The third-order valence-electron chi connectivity index (χ3n) is 3.92. The zero-order valence-corrected chi connectivity index (χ0v) is 15.4. The number of carbonyl (C=O) groups excluding carboxylic acids is 1. The first-order valence-electron chi connectivity index (χ1n) is 8.43. The molecule has 0 fully saturated rings. The molecule has 0 unspecified atom stereocenters. The number of ether oxygens (including phenoxy) is 1. The average molecular weight is 354 g/mol. The molecule has 0 spiro atoms. The molecule has 2 aromatic carbocycles. The fourth-order valence-electron chi connectivity index (χ4n) is 2.64. The highest BCUT2D eigenvalue weighted by molar-refractivity contribution is 7.18. The first kappa shape index (κ1) is 17.4. The van der Waals surface area contributed by atoms with Crippen molar-refractivity contribution < 1.29 is 9.53 Å². The minimum absolute atomic E-state index is 0.00544. The third kappa shape index (κ3) is 4.79. The highest BCUT2D eigenvalue weighted by atomic mass is 32.1. The summed E-state index contributed by atoms with van der Waals surface area (Å²) < 4.78 is 6.88. The molecule has 1 aromatic heterocycles. The Balaban J connectivity index is 1.39. The van der Waals surface area contributed by atoms with Crippen molar-refractivity contribution in [1.29, 1.82) is 0 Å². The van der Waals surface area contributed by atoms with E-state index >= 15 is 0 Å². The lowest BCUT2D eigenvalue weighted by Crippen LogP contribution is -2.27. The van der Waals surface area contributed by atoms with Crippen molar-refractivity contribution in [3.8, 4) is 5.75 Å². The van der Waals surface area contributed by atoms with E-state index in [4.69, 9.17) is 4.74 Å². The molecule has 0 saturated carbocycles. The monoisotopic (exact) mass is 354 g/mol. The maximum absolute atomic E-state index is 11.9. The second-order valence-corrected chi connectivity index (χ2v) is 7.16. The van der Waals surface area contributed by atoms with Crippen molar-refractivity contribution in [3.05, 3.63) is 58.6 Å². The second kappa shape index (κ2) is 8.12. The number of aromatic nitrogens is 1. The molecule has 5 heteroatoms. The van der Waals surface area contributed by atoms with Gasteiger partial charge in [0.2, 0.25) is 5.91 Å². The molecule has 1 amide bonds. The minimum Gasteiger partial charge on any atom is -0.493 e. The van der Waals surface area contributed by atoms with Gasteiger partial charge in [-0.05, 0) is 37.6 Å². The third-order valence-corrected chi connectivity index (χ3v) is 5.01. The Morgan fingerprint density at radius 3 is 2.84 bits per heavy atom. The molecule has 130 valence electrons. The number of amides is 1. The predicted octanol–water partition coefficient (Wildman–Crippen LogP) is 4.04. The van der Waals surface area contributed by atoms with Crippen LogP contribution in [0.3, 0.4) is 0 Å². The Kier molecular flexibility index (Phi) is 5.66. The SMILES string of the molecule is Cc1ccc(OCCC(=O)NCCc2nc3ccccc3s2)c(C)c1. The second-order valence-electron chi connectivity index (χ2n) is 6.04. The summed E-state index contributed by atoms with van der Waals surface area (Å²) in [6, 6.07) is 14.1. The summed E-state index contributed by atoms with van der Waals surface area (Å²) in [5.74, 6) is 0.846.